The van der Waals surface area contributed by atoms with Crippen LogP contribution in [0.3, 0.4) is 0 Å². The molecule has 1 heterocycles. The highest BCUT2D eigenvalue weighted by Gasteiger charge is 2.17. The molecule has 0 bridgehead atoms. The summed E-state index contributed by atoms with van der Waals surface area (Å²) in [5.74, 6) is 0.944. The van der Waals surface area contributed by atoms with Gasteiger partial charge in [-0.2, -0.15) is 0 Å². The third-order valence-corrected chi connectivity index (χ3v) is 4.77. The van der Waals surface area contributed by atoms with Gasteiger partial charge in [0.2, 0.25) is 5.91 Å². The number of hydrogen-bond acceptors (Lipinski definition) is 5. The summed E-state index contributed by atoms with van der Waals surface area (Å²) in [7, 11) is 1.62. The molecule has 6 nitrogen and oxygen atoms in total. The summed E-state index contributed by atoms with van der Waals surface area (Å²) in [6, 6.07) is 19.8. The Morgan fingerprint density at radius 1 is 1.11 bits per heavy atom. The van der Waals surface area contributed by atoms with Crippen molar-refractivity contribution in [2.45, 2.75) is 18.1 Å². The lowest BCUT2D eigenvalue weighted by Crippen LogP contribution is -2.36. The first kappa shape index (κ1) is 19.1. The van der Waals surface area contributed by atoms with Gasteiger partial charge in [-0.15, -0.1) is 10.2 Å². The molecule has 27 heavy (non-hydrogen) atoms. The Balaban J connectivity index is 1.83. The maximum absolute atomic E-state index is 12.2. The quantitative estimate of drug-likeness (QED) is 0.606. The van der Waals surface area contributed by atoms with Gasteiger partial charge >= 0.3 is 0 Å². The Bertz CT molecular complexity index is 868. The minimum atomic E-state index is -0.0616. The molecule has 140 valence electrons. The van der Waals surface area contributed by atoms with Crippen LogP contribution in [0.5, 0.6) is 0 Å². The van der Waals surface area contributed by atoms with Crippen LogP contribution in [0.4, 0.5) is 0 Å². The number of nitrogens with zero attached hydrogens (tertiary/aromatic N) is 3. The predicted octanol–water partition coefficient (Wildman–Crippen LogP) is 3.18. The SMILES string of the molecule is COCC(C)NC(=O)CSc1nnc(-c2ccccc2)n1-c1ccccc1. The number of carbonyl (C=O) groups is 1. The van der Waals surface area contributed by atoms with E-state index in [9.17, 15) is 4.79 Å². The van der Waals surface area contributed by atoms with Crippen molar-refractivity contribution >= 4 is 17.7 Å². The second-order valence-corrected chi connectivity index (χ2v) is 7.00. The fourth-order valence-electron chi connectivity index (χ4n) is 2.69. The highest BCUT2D eigenvalue weighted by atomic mass is 32.2. The van der Waals surface area contributed by atoms with Gasteiger partial charge in [-0.3, -0.25) is 9.36 Å². The molecule has 0 saturated heterocycles. The maximum atomic E-state index is 12.2. The largest absolute Gasteiger partial charge is 0.383 e. The fraction of sp³-hybridized carbons (Fsp3) is 0.250. The number of aromatic nitrogens is 3. The van der Waals surface area contributed by atoms with Crippen LogP contribution in [0.15, 0.2) is 65.8 Å². The number of para-hydroxylation sites is 1. The highest BCUT2D eigenvalue weighted by molar-refractivity contribution is 7.99. The van der Waals surface area contributed by atoms with Gasteiger partial charge in [0.15, 0.2) is 11.0 Å². The van der Waals surface area contributed by atoms with Crippen LogP contribution in [-0.4, -0.2) is 46.2 Å². The number of benzene rings is 2. The fourth-order valence-corrected chi connectivity index (χ4v) is 3.45. The van der Waals surface area contributed by atoms with Crippen LogP contribution in [0, 0.1) is 0 Å². The second kappa shape index (κ2) is 9.34. The van der Waals surface area contributed by atoms with Crippen LogP contribution in [0.1, 0.15) is 6.92 Å². The third-order valence-electron chi connectivity index (χ3n) is 3.84. The van der Waals surface area contributed by atoms with Gasteiger partial charge in [0.05, 0.1) is 12.4 Å². The zero-order chi connectivity index (χ0) is 19.1. The van der Waals surface area contributed by atoms with Crippen molar-refractivity contribution in [3.05, 3.63) is 60.7 Å². The van der Waals surface area contributed by atoms with E-state index >= 15 is 0 Å². The summed E-state index contributed by atoms with van der Waals surface area (Å²) < 4.78 is 7.03. The molecule has 0 fully saturated rings. The number of hydrogen-bond donors (Lipinski definition) is 1. The first-order valence-corrected chi connectivity index (χ1v) is 9.65. The van der Waals surface area contributed by atoms with Gasteiger partial charge in [-0.1, -0.05) is 60.3 Å². The molecule has 1 unspecified atom stereocenters. The number of nitrogens with one attached hydrogen (secondary N) is 1. The lowest BCUT2D eigenvalue weighted by Gasteiger charge is -2.13. The van der Waals surface area contributed by atoms with E-state index in [4.69, 9.17) is 4.74 Å². The van der Waals surface area contributed by atoms with E-state index in [2.05, 4.69) is 15.5 Å². The molecule has 0 saturated carbocycles. The molecule has 0 radical (unpaired) electrons. The summed E-state index contributed by atoms with van der Waals surface area (Å²) in [5.41, 5.74) is 1.93. The summed E-state index contributed by atoms with van der Waals surface area (Å²) in [6.07, 6.45) is 0. The molecule has 3 rings (SSSR count). The topological polar surface area (TPSA) is 69.0 Å². The Kier molecular flexibility index (Phi) is 6.62. The summed E-state index contributed by atoms with van der Waals surface area (Å²) in [5, 5.41) is 12.3. The van der Waals surface area contributed by atoms with Gasteiger partial charge < -0.3 is 10.1 Å². The van der Waals surface area contributed by atoms with Crippen LogP contribution < -0.4 is 5.32 Å². The van der Waals surface area contributed by atoms with E-state index in [1.807, 2.05) is 72.2 Å². The molecule has 7 heteroatoms. The number of amides is 1. The standard InChI is InChI=1S/C20H22N4O2S/c1-15(13-26-2)21-18(25)14-27-20-23-22-19(16-9-5-3-6-10-16)24(20)17-11-7-4-8-12-17/h3-12,15H,13-14H2,1-2H3,(H,21,25). The maximum Gasteiger partial charge on any atom is 0.230 e. The van der Waals surface area contributed by atoms with Crippen molar-refractivity contribution in [3.63, 3.8) is 0 Å². The van der Waals surface area contributed by atoms with Gasteiger partial charge in [0.1, 0.15) is 0 Å². The van der Waals surface area contributed by atoms with Crippen molar-refractivity contribution < 1.29 is 9.53 Å². The minimum absolute atomic E-state index is 0.0324. The van der Waals surface area contributed by atoms with Gasteiger partial charge in [0.25, 0.3) is 0 Å². The van der Waals surface area contributed by atoms with E-state index in [1.165, 1.54) is 11.8 Å². The summed E-state index contributed by atoms with van der Waals surface area (Å²) in [4.78, 5) is 12.2. The van der Waals surface area contributed by atoms with E-state index in [-0.39, 0.29) is 17.7 Å². The smallest absolute Gasteiger partial charge is 0.230 e. The van der Waals surface area contributed by atoms with Gasteiger partial charge in [-0.05, 0) is 19.1 Å². The van der Waals surface area contributed by atoms with Gasteiger partial charge in [0, 0.05) is 24.4 Å². The molecule has 1 atom stereocenters. The normalized spacial score (nSPS) is 11.9. The molecule has 0 aliphatic carbocycles. The molecule has 3 aromatic rings. The molecule has 2 aromatic carbocycles. The number of rotatable bonds is 8. The van der Waals surface area contributed by atoms with Gasteiger partial charge in [-0.25, -0.2) is 0 Å². The molecule has 1 N–H and O–H groups in total. The molecule has 0 aliphatic rings. The zero-order valence-corrected chi connectivity index (χ0v) is 16.1. The van der Waals surface area contributed by atoms with Crippen molar-refractivity contribution in [1.82, 2.24) is 20.1 Å². The number of ether oxygens (including phenoxy) is 1. The average Bonchev–Trinajstić information content (AvgIpc) is 3.12. The van der Waals surface area contributed by atoms with E-state index in [0.717, 1.165) is 17.1 Å². The highest BCUT2D eigenvalue weighted by Crippen LogP contribution is 2.27. The van der Waals surface area contributed by atoms with Crippen LogP contribution in [0.2, 0.25) is 0 Å². The van der Waals surface area contributed by atoms with E-state index < -0.39 is 0 Å². The number of thioether (sulfide) groups is 1. The lowest BCUT2D eigenvalue weighted by atomic mass is 10.2. The lowest BCUT2D eigenvalue weighted by molar-refractivity contribution is -0.119. The molecular formula is C20H22N4O2S. The molecule has 0 spiro atoms. The third kappa shape index (κ3) is 4.96. The minimum Gasteiger partial charge on any atom is -0.383 e. The molecular weight excluding hydrogens is 360 g/mol. The Morgan fingerprint density at radius 3 is 2.44 bits per heavy atom. The number of carbonyl (C=O) groups excluding carboxylic acids is 1. The summed E-state index contributed by atoms with van der Waals surface area (Å²) in [6.45, 7) is 2.39. The van der Waals surface area contributed by atoms with Crippen molar-refractivity contribution in [3.8, 4) is 17.1 Å². The molecule has 0 aliphatic heterocycles. The van der Waals surface area contributed by atoms with E-state index in [0.29, 0.717) is 11.8 Å². The van der Waals surface area contributed by atoms with Crippen molar-refractivity contribution in [2.75, 3.05) is 19.5 Å². The average molecular weight is 382 g/mol. The monoisotopic (exact) mass is 382 g/mol. The van der Waals surface area contributed by atoms with Crippen LogP contribution in [-0.2, 0) is 9.53 Å². The Hall–Kier alpha value is -2.64. The first-order chi connectivity index (χ1) is 13.2. The van der Waals surface area contributed by atoms with Crippen LogP contribution >= 0.6 is 11.8 Å². The van der Waals surface area contributed by atoms with Crippen molar-refractivity contribution in [1.29, 1.82) is 0 Å². The molecule has 1 aromatic heterocycles. The Labute approximate surface area is 163 Å². The predicted molar refractivity (Wildman–Crippen MR) is 107 cm³/mol. The van der Waals surface area contributed by atoms with E-state index in [1.54, 1.807) is 7.11 Å². The number of methoxy groups -OCH3 is 1. The van der Waals surface area contributed by atoms with Crippen LogP contribution in [0.25, 0.3) is 17.1 Å². The first-order valence-electron chi connectivity index (χ1n) is 8.66. The summed E-state index contributed by atoms with van der Waals surface area (Å²) >= 11 is 1.36. The Morgan fingerprint density at radius 2 is 1.78 bits per heavy atom. The zero-order valence-electron chi connectivity index (χ0n) is 15.3. The van der Waals surface area contributed by atoms with Crippen molar-refractivity contribution in [2.24, 2.45) is 0 Å². The molecule has 1 amide bonds. The second-order valence-electron chi connectivity index (χ2n) is 6.06.